The fourth-order valence-corrected chi connectivity index (χ4v) is 4.56. The van der Waals surface area contributed by atoms with Crippen molar-refractivity contribution >= 4 is 17.7 Å². The molecule has 0 atom stereocenters. The maximum Gasteiger partial charge on any atom is 0.335 e. The number of aromatic hydroxyl groups is 1. The smallest absolute Gasteiger partial charge is 0.335 e. The average Bonchev–Trinajstić information content (AvgIpc) is 3.44. The first-order valence-corrected chi connectivity index (χ1v) is 13.1. The van der Waals surface area contributed by atoms with E-state index in [1.54, 1.807) is 49.4 Å². The van der Waals surface area contributed by atoms with E-state index in [9.17, 15) is 19.5 Å². The van der Waals surface area contributed by atoms with Gasteiger partial charge in [0.25, 0.3) is 0 Å². The van der Waals surface area contributed by atoms with Gasteiger partial charge in [-0.2, -0.15) is 0 Å². The topological polar surface area (TPSA) is 119 Å². The third-order valence-corrected chi connectivity index (χ3v) is 6.64. The van der Waals surface area contributed by atoms with Crippen LogP contribution in [-0.4, -0.2) is 40.6 Å². The van der Waals surface area contributed by atoms with Gasteiger partial charge in [0.1, 0.15) is 23.9 Å². The van der Waals surface area contributed by atoms with Gasteiger partial charge in [-0.1, -0.05) is 12.1 Å². The Labute approximate surface area is 227 Å². The number of benzene rings is 3. The number of hydrogen-bond donors (Lipinski definition) is 2. The molecule has 39 heavy (non-hydrogen) atoms. The molecule has 0 amide bonds. The number of carbonyl (C=O) groups is 3. The molecule has 8 nitrogen and oxygen atoms in total. The number of carboxylic acids is 1. The van der Waals surface area contributed by atoms with E-state index in [0.717, 1.165) is 31.2 Å². The highest BCUT2D eigenvalue weighted by molar-refractivity contribution is 6.11. The number of phenolic OH excluding ortho intramolecular Hbond substituents is 1. The summed E-state index contributed by atoms with van der Waals surface area (Å²) in [5.74, 6) is -0.873. The third kappa shape index (κ3) is 7.37. The first-order valence-electron chi connectivity index (χ1n) is 13.1. The predicted octanol–water partition coefficient (Wildman–Crippen LogP) is 5.72. The Bertz CT molecular complexity index is 1320. The van der Waals surface area contributed by atoms with Gasteiger partial charge in [-0.05, 0) is 92.6 Å². The molecule has 0 radical (unpaired) electrons. The van der Waals surface area contributed by atoms with Crippen LogP contribution in [0.1, 0.15) is 76.4 Å². The summed E-state index contributed by atoms with van der Waals surface area (Å²) in [5.41, 5.74) is 2.07. The molecule has 1 fully saturated rings. The molecule has 0 heterocycles. The van der Waals surface area contributed by atoms with Crippen molar-refractivity contribution in [3.8, 4) is 17.2 Å². The number of aromatic carboxylic acids is 1. The summed E-state index contributed by atoms with van der Waals surface area (Å²) in [6, 6.07) is 16.0. The fraction of sp³-hybridized carbons (Fsp3) is 0.323. The lowest BCUT2D eigenvalue weighted by molar-refractivity contribution is -0.143. The van der Waals surface area contributed by atoms with Crippen LogP contribution in [0.25, 0.3) is 0 Å². The van der Waals surface area contributed by atoms with Gasteiger partial charge in [0.05, 0.1) is 23.8 Å². The minimum absolute atomic E-state index is 0.105. The van der Waals surface area contributed by atoms with E-state index >= 15 is 0 Å². The van der Waals surface area contributed by atoms with E-state index in [1.165, 1.54) is 18.2 Å². The minimum atomic E-state index is -1.01. The van der Waals surface area contributed by atoms with E-state index in [2.05, 4.69) is 0 Å². The number of hydrogen-bond acceptors (Lipinski definition) is 7. The number of carboxylic acid groups (broad SMARTS) is 1. The van der Waals surface area contributed by atoms with Crippen LogP contribution in [0.3, 0.4) is 0 Å². The highest BCUT2D eigenvalue weighted by atomic mass is 16.5. The third-order valence-electron chi connectivity index (χ3n) is 6.64. The van der Waals surface area contributed by atoms with Crippen molar-refractivity contribution in [3.05, 3.63) is 88.5 Å². The van der Waals surface area contributed by atoms with Gasteiger partial charge < -0.3 is 24.4 Å². The summed E-state index contributed by atoms with van der Waals surface area (Å²) in [6.07, 6.45) is 4.75. The quantitative estimate of drug-likeness (QED) is 0.225. The zero-order valence-electron chi connectivity index (χ0n) is 21.9. The Kier molecular flexibility index (Phi) is 9.20. The van der Waals surface area contributed by atoms with Crippen molar-refractivity contribution in [1.29, 1.82) is 0 Å². The van der Waals surface area contributed by atoms with Gasteiger partial charge >= 0.3 is 11.9 Å². The zero-order chi connectivity index (χ0) is 27.8. The number of rotatable bonds is 12. The van der Waals surface area contributed by atoms with E-state index in [-0.39, 0.29) is 60.8 Å². The Morgan fingerprint density at radius 1 is 0.923 bits per heavy atom. The number of aryl methyl sites for hydroxylation is 1. The molecular formula is C31H32O8. The van der Waals surface area contributed by atoms with E-state index in [0.29, 0.717) is 22.6 Å². The molecule has 204 valence electrons. The Hall–Kier alpha value is -4.33. The number of ketones is 1. The predicted molar refractivity (Wildman–Crippen MR) is 144 cm³/mol. The van der Waals surface area contributed by atoms with Crippen LogP contribution in [0.15, 0.2) is 60.7 Å². The number of phenols is 1. The van der Waals surface area contributed by atoms with Gasteiger partial charge in [-0.15, -0.1) is 0 Å². The standard InChI is InChI=1S/C31H32O8/c1-2-37-29(33)16-12-22-17-23(11-15-28(22)38-19-20-7-9-21(10-8-20)31(35)36)30(34)26-14-13-25(18-27(26)32)39-24-5-3-4-6-24/h7-11,13-15,17-18,24,32H,2-6,12,16,19H2,1H3,(H,35,36). The molecule has 3 aromatic rings. The Balaban J connectivity index is 1.52. The molecule has 1 aliphatic carbocycles. The minimum Gasteiger partial charge on any atom is -0.507 e. The molecule has 0 unspecified atom stereocenters. The van der Waals surface area contributed by atoms with Crippen LogP contribution in [0.4, 0.5) is 0 Å². The average molecular weight is 533 g/mol. The number of ether oxygens (including phenoxy) is 3. The van der Waals surface area contributed by atoms with Crippen LogP contribution < -0.4 is 9.47 Å². The lowest BCUT2D eigenvalue weighted by Gasteiger charge is -2.15. The molecule has 1 saturated carbocycles. The summed E-state index contributed by atoms with van der Waals surface area (Å²) in [7, 11) is 0. The van der Waals surface area contributed by atoms with Crippen molar-refractivity contribution in [2.75, 3.05) is 6.61 Å². The Morgan fingerprint density at radius 3 is 2.31 bits per heavy atom. The van der Waals surface area contributed by atoms with E-state index in [4.69, 9.17) is 19.3 Å². The molecule has 1 aliphatic rings. The zero-order valence-corrected chi connectivity index (χ0v) is 21.9. The van der Waals surface area contributed by atoms with E-state index < -0.39 is 5.97 Å². The molecular weight excluding hydrogens is 500 g/mol. The van der Waals surface area contributed by atoms with Gasteiger partial charge in [0.15, 0.2) is 5.78 Å². The maximum absolute atomic E-state index is 13.3. The summed E-state index contributed by atoms with van der Waals surface area (Å²) < 4.78 is 17.0. The van der Waals surface area contributed by atoms with Crippen molar-refractivity contribution in [3.63, 3.8) is 0 Å². The van der Waals surface area contributed by atoms with Crippen LogP contribution in [0.2, 0.25) is 0 Å². The lowest BCUT2D eigenvalue weighted by Crippen LogP contribution is -2.11. The molecule has 0 aromatic heterocycles. The molecule has 2 N–H and O–H groups in total. The van der Waals surface area contributed by atoms with Crippen LogP contribution in [0, 0.1) is 0 Å². The first kappa shape index (κ1) is 27.7. The molecule has 8 heteroatoms. The SMILES string of the molecule is CCOC(=O)CCc1cc(C(=O)c2ccc(OC3CCCC3)cc2O)ccc1OCc1ccc(C(=O)O)cc1. The number of esters is 1. The summed E-state index contributed by atoms with van der Waals surface area (Å²) in [5, 5.41) is 19.7. The summed E-state index contributed by atoms with van der Waals surface area (Å²) in [4.78, 5) is 36.4. The van der Waals surface area contributed by atoms with Crippen LogP contribution in [-0.2, 0) is 22.6 Å². The molecule has 3 aromatic carbocycles. The monoisotopic (exact) mass is 532 g/mol. The van der Waals surface area contributed by atoms with Crippen molar-refractivity contribution < 1.29 is 38.8 Å². The van der Waals surface area contributed by atoms with Gasteiger partial charge in [0, 0.05) is 18.1 Å². The number of carbonyl (C=O) groups excluding carboxylic acids is 2. The molecule has 0 saturated heterocycles. The molecule has 0 bridgehead atoms. The molecule has 0 spiro atoms. The maximum atomic E-state index is 13.3. The summed E-state index contributed by atoms with van der Waals surface area (Å²) >= 11 is 0. The second kappa shape index (κ2) is 13.0. The largest absolute Gasteiger partial charge is 0.507 e. The second-order valence-corrected chi connectivity index (χ2v) is 9.45. The van der Waals surface area contributed by atoms with Gasteiger partial charge in [-0.25, -0.2) is 4.79 Å². The normalized spacial score (nSPS) is 13.2. The Morgan fingerprint density at radius 2 is 1.64 bits per heavy atom. The summed E-state index contributed by atoms with van der Waals surface area (Å²) in [6.45, 7) is 2.17. The highest BCUT2D eigenvalue weighted by Crippen LogP contribution is 2.31. The first-order chi connectivity index (χ1) is 18.8. The second-order valence-electron chi connectivity index (χ2n) is 9.45. The molecule has 4 rings (SSSR count). The van der Waals surface area contributed by atoms with Crippen molar-refractivity contribution in [2.45, 2.75) is 58.2 Å². The van der Waals surface area contributed by atoms with Gasteiger partial charge in [0.2, 0.25) is 0 Å². The van der Waals surface area contributed by atoms with E-state index in [1.807, 2.05) is 0 Å². The van der Waals surface area contributed by atoms with Crippen LogP contribution in [0.5, 0.6) is 17.2 Å². The molecule has 0 aliphatic heterocycles. The highest BCUT2D eigenvalue weighted by Gasteiger charge is 2.20. The van der Waals surface area contributed by atoms with Crippen molar-refractivity contribution in [2.24, 2.45) is 0 Å². The fourth-order valence-electron chi connectivity index (χ4n) is 4.56. The van der Waals surface area contributed by atoms with Crippen molar-refractivity contribution in [1.82, 2.24) is 0 Å². The lowest BCUT2D eigenvalue weighted by atomic mass is 9.98. The van der Waals surface area contributed by atoms with Crippen LogP contribution >= 0.6 is 0 Å². The van der Waals surface area contributed by atoms with Gasteiger partial charge in [-0.3, -0.25) is 9.59 Å².